The van der Waals surface area contributed by atoms with E-state index in [4.69, 9.17) is 4.42 Å². The van der Waals surface area contributed by atoms with E-state index in [1.54, 1.807) is 12.1 Å². The van der Waals surface area contributed by atoms with Gasteiger partial charge in [-0.05, 0) is 52.2 Å². The van der Waals surface area contributed by atoms with Gasteiger partial charge >= 0.3 is 99.8 Å². The monoisotopic (exact) mass is 879 g/mol. The number of hydrogen-bond donors (Lipinski definition) is 0. The molecule has 1 radical (unpaired) electrons. The minimum Gasteiger partial charge on any atom is 0 e. The minimum absolute atomic E-state index is 0. The van der Waals surface area contributed by atoms with Crippen LogP contribution < -0.4 is 4.40 Å². The Hall–Kier alpha value is -4.68. The Bertz CT molecular complexity index is 2320. The second-order valence-corrected chi connectivity index (χ2v) is 23.3. The molecule has 0 bridgehead atoms. The normalized spacial score (nSPS) is 11.1. The van der Waals surface area contributed by atoms with Crippen LogP contribution in [-0.2, 0) is 20.1 Å². The van der Waals surface area contributed by atoms with E-state index in [0.717, 1.165) is 66.7 Å². The molecule has 49 heavy (non-hydrogen) atoms. The fourth-order valence-electron chi connectivity index (χ4n) is 5.68. The number of pyridine rings is 2. The van der Waals surface area contributed by atoms with Gasteiger partial charge in [-0.25, -0.2) is 4.39 Å². The predicted molar refractivity (Wildman–Crippen MR) is 198 cm³/mol. The molecule has 0 aliphatic rings. The quantitative estimate of drug-likeness (QED) is 0.128. The third-order valence-electron chi connectivity index (χ3n) is 8.35. The Kier molecular flexibility index (Phi) is 10.4. The maximum absolute atomic E-state index is 13.3. The Balaban J connectivity index is 0.000000208. The number of rotatable bonds is 5. The molecule has 5 aromatic carbocycles. The molecule has 6 heteroatoms. The molecule has 0 unspecified atom stereocenters. The number of aromatic nitrogens is 2. The predicted octanol–water partition coefficient (Wildman–Crippen LogP) is 11.0. The standard InChI is InChI=1S/C29H17FNO.C14H16GeN.Ir/c30-23-12-9-20(10-13-23)21-11-14-24-25-7-4-8-26(29(25)32-28(24)18-21)27-17-22(15-16-31-27)19-5-2-1-3-6-19;1-15(2,3)13-9-10-14(16-11-13)12-7-5-4-6-8-12;/h1-7,9-18H;4-7,9-11H,1-3H3;/q2*-1;. The number of hydrogen-bond acceptors (Lipinski definition) is 3. The van der Waals surface area contributed by atoms with Crippen LogP contribution in [0.5, 0.6) is 0 Å². The van der Waals surface area contributed by atoms with Crippen LogP contribution >= 0.6 is 0 Å². The molecule has 243 valence electrons. The third kappa shape index (κ3) is 7.65. The van der Waals surface area contributed by atoms with Gasteiger partial charge in [-0.2, -0.15) is 0 Å². The Morgan fingerprint density at radius 2 is 1.35 bits per heavy atom. The van der Waals surface area contributed by atoms with E-state index >= 15 is 0 Å². The van der Waals surface area contributed by atoms with Crippen LogP contribution in [0.4, 0.5) is 4.39 Å². The molecular weight excluding hydrogens is 844 g/mol. The fourth-order valence-corrected chi connectivity index (χ4v) is 7.85. The molecule has 0 atom stereocenters. The second kappa shape index (κ2) is 14.8. The van der Waals surface area contributed by atoms with Gasteiger partial charge in [-0.15, -0.1) is 18.2 Å². The number of furan rings is 1. The molecule has 0 saturated heterocycles. The zero-order chi connectivity index (χ0) is 33.1. The van der Waals surface area contributed by atoms with E-state index < -0.39 is 13.3 Å². The van der Waals surface area contributed by atoms with Gasteiger partial charge in [0.2, 0.25) is 0 Å². The molecule has 3 aromatic heterocycles. The largest absolute Gasteiger partial charge is 0 e. The Morgan fingerprint density at radius 1 is 0.612 bits per heavy atom. The first kappa shape index (κ1) is 34.2. The van der Waals surface area contributed by atoms with Crippen LogP contribution in [0.3, 0.4) is 0 Å². The SMILES string of the molecule is Fc1ccc(-c2ccc3c(c2)oc2c(-c4cc(-c5ccccc5)ccn4)[c-]ccc23)cc1.[CH3][Ge]([CH3])([CH3])[c]1ccc(-c2[c-]cccc2)nc1.[Ir]. The average Bonchev–Trinajstić information content (AvgIpc) is 3.51. The summed E-state index contributed by atoms with van der Waals surface area (Å²) in [7, 11) is 0. The minimum atomic E-state index is -1.72. The van der Waals surface area contributed by atoms with Gasteiger partial charge in [0.15, 0.2) is 0 Å². The molecule has 0 N–H and O–H groups in total. The van der Waals surface area contributed by atoms with Crippen molar-refractivity contribution in [2.24, 2.45) is 0 Å². The molecular formula is C43H33FGeIrN2O-2. The van der Waals surface area contributed by atoms with Gasteiger partial charge in [0, 0.05) is 31.7 Å². The fraction of sp³-hybridized carbons (Fsp3) is 0.0698. The van der Waals surface area contributed by atoms with Crippen molar-refractivity contribution in [3.05, 3.63) is 164 Å². The van der Waals surface area contributed by atoms with Gasteiger partial charge in [0.05, 0.1) is 5.58 Å². The van der Waals surface area contributed by atoms with Crippen molar-refractivity contribution in [2.75, 3.05) is 0 Å². The topological polar surface area (TPSA) is 38.9 Å². The summed E-state index contributed by atoms with van der Waals surface area (Å²) >= 11 is -1.72. The summed E-state index contributed by atoms with van der Waals surface area (Å²) in [6, 6.07) is 49.6. The van der Waals surface area contributed by atoms with Crippen molar-refractivity contribution in [1.82, 2.24) is 9.97 Å². The molecule has 0 aliphatic heterocycles. The molecule has 3 heterocycles. The number of nitrogens with zero attached hydrogens (tertiary/aromatic N) is 2. The molecule has 0 fully saturated rings. The maximum Gasteiger partial charge on any atom is 0 e. The van der Waals surface area contributed by atoms with Gasteiger partial charge in [-0.3, -0.25) is 0 Å². The van der Waals surface area contributed by atoms with Crippen molar-refractivity contribution >= 4 is 39.6 Å². The molecule has 3 nitrogen and oxygen atoms in total. The zero-order valence-electron chi connectivity index (χ0n) is 27.4. The van der Waals surface area contributed by atoms with E-state index in [-0.39, 0.29) is 25.9 Å². The third-order valence-corrected chi connectivity index (χ3v) is 12.6. The average molecular weight is 878 g/mol. The van der Waals surface area contributed by atoms with Gasteiger partial charge in [-0.1, -0.05) is 71.6 Å². The van der Waals surface area contributed by atoms with E-state index in [1.165, 1.54) is 16.5 Å². The first-order valence-electron chi connectivity index (χ1n) is 15.9. The van der Waals surface area contributed by atoms with Crippen LogP contribution in [-0.4, -0.2) is 23.2 Å². The van der Waals surface area contributed by atoms with Gasteiger partial charge in [0.25, 0.3) is 0 Å². The summed E-state index contributed by atoms with van der Waals surface area (Å²) in [5.41, 5.74) is 9.41. The molecule has 0 aliphatic carbocycles. The smallest absolute Gasteiger partial charge is 0 e. The van der Waals surface area contributed by atoms with E-state index in [2.05, 4.69) is 75.8 Å². The molecule has 8 aromatic rings. The van der Waals surface area contributed by atoms with Gasteiger partial charge < -0.3 is 9.40 Å². The summed E-state index contributed by atoms with van der Waals surface area (Å²) in [5.74, 6) is 6.89. The van der Waals surface area contributed by atoms with Crippen LogP contribution in [0.2, 0.25) is 17.3 Å². The first-order valence-corrected chi connectivity index (χ1v) is 23.3. The summed E-state index contributed by atoms with van der Waals surface area (Å²) in [6.45, 7) is 0. The van der Waals surface area contributed by atoms with Crippen molar-refractivity contribution in [3.63, 3.8) is 0 Å². The molecule has 0 spiro atoms. The second-order valence-electron chi connectivity index (χ2n) is 12.7. The zero-order valence-corrected chi connectivity index (χ0v) is 31.9. The summed E-state index contributed by atoms with van der Waals surface area (Å²) in [5, 5.41) is 2.05. The number of benzene rings is 5. The Labute approximate surface area is 302 Å². The molecule has 0 saturated carbocycles. The molecule has 8 rings (SSSR count). The molecule has 0 amide bonds. The van der Waals surface area contributed by atoms with E-state index in [9.17, 15) is 4.39 Å². The van der Waals surface area contributed by atoms with Crippen LogP contribution in [0.1, 0.15) is 0 Å². The Morgan fingerprint density at radius 3 is 2.06 bits per heavy atom. The van der Waals surface area contributed by atoms with Crippen LogP contribution in [0, 0.1) is 17.9 Å². The van der Waals surface area contributed by atoms with E-state index in [1.807, 2.05) is 85.2 Å². The maximum atomic E-state index is 13.3. The van der Waals surface area contributed by atoms with Crippen molar-refractivity contribution in [3.8, 4) is 44.8 Å². The van der Waals surface area contributed by atoms with E-state index in [0.29, 0.717) is 0 Å². The van der Waals surface area contributed by atoms with Crippen molar-refractivity contribution in [2.45, 2.75) is 17.3 Å². The van der Waals surface area contributed by atoms with Crippen LogP contribution in [0.25, 0.3) is 66.7 Å². The van der Waals surface area contributed by atoms with Gasteiger partial charge in [0.1, 0.15) is 11.4 Å². The summed E-state index contributed by atoms with van der Waals surface area (Å²) < 4.78 is 21.1. The van der Waals surface area contributed by atoms with Crippen molar-refractivity contribution in [1.29, 1.82) is 0 Å². The summed E-state index contributed by atoms with van der Waals surface area (Å²) in [6.07, 6.45) is 3.86. The summed E-state index contributed by atoms with van der Waals surface area (Å²) in [4.78, 5) is 9.13. The van der Waals surface area contributed by atoms with Crippen LogP contribution in [0.15, 0.2) is 150 Å². The number of fused-ring (bicyclic) bond motifs is 3. The number of halogens is 1. The first-order chi connectivity index (χ1) is 23.3. The van der Waals surface area contributed by atoms with Crippen molar-refractivity contribution < 1.29 is 28.9 Å².